The average molecular weight is 366 g/mol. The Morgan fingerprint density at radius 3 is 2.45 bits per heavy atom. The molecule has 1 atom stereocenters. The number of halogens is 1. The molecule has 0 aliphatic heterocycles. The van der Waals surface area contributed by atoms with Gasteiger partial charge in [0.15, 0.2) is 0 Å². The van der Waals surface area contributed by atoms with E-state index in [2.05, 4.69) is 20.7 Å². The lowest BCUT2D eigenvalue weighted by Crippen LogP contribution is -2.38. The number of methoxy groups -OCH3 is 1. The van der Waals surface area contributed by atoms with Gasteiger partial charge in [0.2, 0.25) is 10.0 Å². The molecule has 20 heavy (non-hydrogen) atoms. The van der Waals surface area contributed by atoms with Crippen LogP contribution in [-0.2, 0) is 19.6 Å². The van der Waals surface area contributed by atoms with Gasteiger partial charge in [-0.15, -0.1) is 0 Å². The van der Waals surface area contributed by atoms with Crippen LogP contribution in [0.3, 0.4) is 0 Å². The second kappa shape index (κ2) is 6.33. The summed E-state index contributed by atoms with van der Waals surface area (Å²) < 4.78 is 30.9. The van der Waals surface area contributed by atoms with E-state index < -0.39 is 28.0 Å². The number of nitrogens with one attached hydrogen (secondary N) is 1. The smallest absolute Gasteiger partial charge is 0.337 e. The van der Waals surface area contributed by atoms with Crippen molar-refractivity contribution in [2.24, 2.45) is 0 Å². The van der Waals surface area contributed by atoms with Crippen molar-refractivity contribution >= 4 is 37.9 Å². The topological polar surface area (TPSA) is 110 Å². The minimum atomic E-state index is -4.06. The monoisotopic (exact) mass is 365 g/mol. The van der Waals surface area contributed by atoms with Crippen molar-refractivity contribution in [3.8, 4) is 0 Å². The molecule has 0 spiro atoms. The van der Waals surface area contributed by atoms with Gasteiger partial charge in [-0.3, -0.25) is 4.79 Å². The fourth-order valence-electron chi connectivity index (χ4n) is 1.30. The van der Waals surface area contributed by atoms with Crippen LogP contribution in [0.4, 0.5) is 0 Å². The Morgan fingerprint density at radius 2 is 1.95 bits per heavy atom. The number of carbonyl (C=O) groups excluding carboxylic acids is 1. The quantitative estimate of drug-likeness (QED) is 0.752. The molecule has 2 N–H and O–H groups in total. The van der Waals surface area contributed by atoms with E-state index in [0.717, 1.165) is 6.07 Å². The summed E-state index contributed by atoms with van der Waals surface area (Å²) in [7, 11) is -2.89. The number of aliphatic carboxylic acids is 1. The van der Waals surface area contributed by atoms with Crippen LogP contribution in [0.1, 0.15) is 17.3 Å². The van der Waals surface area contributed by atoms with E-state index in [0.29, 0.717) is 4.47 Å². The number of rotatable bonds is 5. The van der Waals surface area contributed by atoms with Crippen LogP contribution in [0.15, 0.2) is 27.6 Å². The van der Waals surface area contributed by atoms with E-state index in [4.69, 9.17) is 5.11 Å². The van der Waals surface area contributed by atoms with Gasteiger partial charge in [-0.1, -0.05) is 15.9 Å². The van der Waals surface area contributed by atoms with Gasteiger partial charge in [0.05, 0.1) is 17.6 Å². The number of carboxylic acids is 1. The molecule has 0 bridgehead atoms. The molecule has 0 aromatic heterocycles. The first-order chi connectivity index (χ1) is 9.17. The zero-order valence-electron chi connectivity index (χ0n) is 10.6. The lowest BCUT2D eigenvalue weighted by atomic mass is 10.2. The summed E-state index contributed by atoms with van der Waals surface area (Å²) in [5.74, 6) is -2.01. The third-order valence-corrected chi connectivity index (χ3v) is 4.28. The highest BCUT2D eigenvalue weighted by Gasteiger charge is 2.23. The van der Waals surface area contributed by atoms with Crippen LogP contribution in [0.25, 0.3) is 0 Å². The minimum Gasteiger partial charge on any atom is -0.480 e. The van der Waals surface area contributed by atoms with Gasteiger partial charge in [0.25, 0.3) is 0 Å². The number of esters is 1. The molecule has 0 amide bonds. The highest BCUT2D eigenvalue weighted by atomic mass is 79.9. The molecule has 0 saturated carbocycles. The van der Waals surface area contributed by atoms with Crippen LogP contribution in [-0.4, -0.2) is 38.6 Å². The molecule has 0 radical (unpaired) electrons. The number of hydrogen-bond acceptors (Lipinski definition) is 5. The first-order valence-corrected chi connectivity index (χ1v) is 7.59. The fraction of sp³-hybridized carbons (Fsp3) is 0.273. The number of hydrogen-bond donors (Lipinski definition) is 2. The molecule has 0 saturated heterocycles. The molecule has 9 heteroatoms. The largest absolute Gasteiger partial charge is 0.480 e. The first-order valence-electron chi connectivity index (χ1n) is 5.31. The zero-order chi connectivity index (χ0) is 15.5. The molecular weight excluding hydrogens is 354 g/mol. The molecule has 0 aliphatic carbocycles. The van der Waals surface area contributed by atoms with Crippen LogP contribution < -0.4 is 4.72 Å². The lowest BCUT2D eigenvalue weighted by molar-refractivity contribution is -0.138. The molecule has 7 nitrogen and oxygen atoms in total. The normalized spacial score (nSPS) is 12.8. The van der Waals surface area contributed by atoms with Crippen molar-refractivity contribution in [1.29, 1.82) is 0 Å². The van der Waals surface area contributed by atoms with E-state index in [9.17, 15) is 18.0 Å². The molecule has 0 unspecified atom stereocenters. The Bertz CT molecular complexity index is 642. The summed E-state index contributed by atoms with van der Waals surface area (Å²) >= 11 is 3.08. The van der Waals surface area contributed by atoms with Crippen molar-refractivity contribution in [2.45, 2.75) is 17.9 Å². The zero-order valence-corrected chi connectivity index (χ0v) is 13.0. The second-order valence-corrected chi connectivity index (χ2v) is 6.48. The maximum atomic E-state index is 12.0. The maximum absolute atomic E-state index is 12.0. The molecule has 0 aliphatic rings. The van der Waals surface area contributed by atoms with E-state index >= 15 is 0 Å². The fourth-order valence-corrected chi connectivity index (χ4v) is 3.22. The van der Waals surface area contributed by atoms with Gasteiger partial charge in [0.1, 0.15) is 6.04 Å². The van der Waals surface area contributed by atoms with E-state index in [1.165, 1.54) is 26.2 Å². The Balaban J connectivity index is 3.22. The van der Waals surface area contributed by atoms with Crippen molar-refractivity contribution in [1.82, 2.24) is 4.72 Å². The van der Waals surface area contributed by atoms with Gasteiger partial charge in [-0.25, -0.2) is 13.2 Å². The highest BCUT2D eigenvalue weighted by Crippen LogP contribution is 2.20. The number of carboxylic acid groups (broad SMARTS) is 1. The Morgan fingerprint density at radius 1 is 1.35 bits per heavy atom. The lowest BCUT2D eigenvalue weighted by Gasteiger charge is -2.11. The molecule has 110 valence electrons. The van der Waals surface area contributed by atoms with Crippen LogP contribution in [0.5, 0.6) is 0 Å². The van der Waals surface area contributed by atoms with Crippen molar-refractivity contribution < 1.29 is 27.9 Å². The predicted molar refractivity (Wildman–Crippen MR) is 72.9 cm³/mol. The van der Waals surface area contributed by atoms with Gasteiger partial charge < -0.3 is 9.84 Å². The molecule has 0 heterocycles. The Labute approximate surface area is 124 Å². The molecule has 1 aromatic rings. The molecule has 0 fully saturated rings. The van der Waals surface area contributed by atoms with Gasteiger partial charge >= 0.3 is 11.9 Å². The van der Waals surface area contributed by atoms with Crippen molar-refractivity contribution in [2.75, 3.05) is 7.11 Å². The second-order valence-electron chi connectivity index (χ2n) is 3.85. The summed E-state index contributed by atoms with van der Waals surface area (Å²) in [5, 5.41) is 8.72. The van der Waals surface area contributed by atoms with Gasteiger partial charge in [0, 0.05) is 4.47 Å². The van der Waals surface area contributed by atoms with Crippen LogP contribution in [0, 0.1) is 0 Å². The average Bonchev–Trinajstić information content (AvgIpc) is 2.36. The van der Waals surface area contributed by atoms with E-state index in [-0.39, 0.29) is 10.5 Å². The summed E-state index contributed by atoms with van der Waals surface area (Å²) in [6, 6.07) is 2.46. The predicted octanol–water partition coefficient (Wildman–Crippen LogP) is 0.987. The molecule has 1 rings (SSSR count). The number of ether oxygens (including phenoxy) is 1. The van der Waals surface area contributed by atoms with E-state index in [1.54, 1.807) is 0 Å². The van der Waals surface area contributed by atoms with Crippen LogP contribution >= 0.6 is 15.9 Å². The van der Waals surface area contributed by atoms with Crippen LogP contribution in [0.2, 0.25) is 0 Å². The standard InChI is InChI=1S/C11H12BrNO6S/c1-6(10(14)15)13-20(17,18)9-4-7(11(16)19-2)3-8(12)5-9/h3-6,13H,1-2H3,(H,14,15)/t6-/m1/s1. The Kier molecular flexibility index (Phi) is 5.26. The van der Waals surface area contributed by atoms with Gasteiger partial charge in [-0.05, 0) is 25.1 Å². The third-order valence-electron chi connectivity index (χ3n) is 2.31. The first kappa shape index (κ1) is 16.6. The minimum absolute atomic E-state index is 0.0326. The number of benzene rings is 1. The van der Waals surface area contributed by atoms with Crippen molar-refractivity contribution in [3.63, 3.8) is 0 Å². The molecule has 1 aromatic carbocycles. The van der Waals surface area contributed by atoms with Gasteiger partial charge in [-0.2, -0.15) is 4.72 Å². The summed E-state index contributed by atoms with van der Waals surface area (Å²) in [5.41, 5.74) is 0.0326. The highest BCUT2D eigenvalue weighted by molar-refractivity contribution is 9.10. The summed E-state index contributed by atoms with van der Waals surface area (Å²) in [6.45, 7) is 1.19. The number of carbonyl (C=O) groups is 2. The van der Waals surface area contributed by atoms with Crippen molar-refractivity contribution in [3.05, 3.63) is 28.2 Å². The van der Waals surface area contributed by atoms with E-state index in [1.807, 2.05) is 4.72 Å². The SMILES string of the molecule is COC(=O)c1cc(Br)cc(S(=O)(=O)N[C@H](C)C(=O)O)c1. The summed E-state index contributed by atoms with van der Waals surface area (Å²) in [4.78, 5) is 21.9. The third kappa shape index (κ3) is 4.02. The maximum Gasteiger partial charge on any atom is 0.337 e. The summed E-state index contributed by atoms with van der Waals surface area (Å²) in [6.07, 6.45) is 0. The molecular formula is C11H12BrNO6S. The number of sulfonamides is 1. The Hall–Kier alpha value is -1.45.